The van der Waals surface area contributed by atoms with E-state index in [4.69, 9.17) is 9.98 Å². The van der Waals surface area contributed by atoms with Gasteiger partial charge >= 0.3 is 0 Å². The summed E-state index contributed by atoms with van der Waals surface area (Å²) < 4.78 is 0. The number of nitrogens with one attached hydrogen (secondary N) is 3. The van der Waals surface area contributed by atoms with Crippen LogP contribution in [0, 0.1) is 19.3 Å². The number of ketones is 1. The molecule has 52 heavy (non-hydrogen) atoms. The summed E-state index contributed by atoms with van der Waals surface area (Å²) in [6.45, 7) is 5.28. The lowest BCUT2D eigenvalue weighted by atomic mass is 9.54. The third kappa shape index (κ3) is 4.47. The molecule has 0 bridgehead atoms. The Kier molecular flexibility index (Phi) is 7.11. The normalized spacial score (nSPS) is 28.1. The fraction of sp³-hybridized carbons (Fsp3) is 0.239. The number of rotatable bonds is 4. The van der Waals surface area contributed by atoms with Crippen LogP contribution in [0.3, 0.4) is 0 Å². The van der Waals surface area contributed by atoms with E-state index in [1.165, 1.54) is 27.6 Å². The Balaban J connectivity index is 1.27. The van der Waals surface area contributed by atoms with E-state index in [-0.39, 0.29) is 29.8 Å². The third-order valence-electron chi connectivity index (χ3n) is 12.3. The molecule has 0 amide bonds. The predicted octanol–water partition coefficient (Wildman–Crippen LogP) is 6.60. The molecular formula is C46H41N5O. The number of aromatic amines is 1. The number of piperidine rings is 1. The molecule has 3 aliphatic heterocycles. The highest BCUT2D eigenvalue weighted by Gasteiger charge is 2.75. The molecule has 2 spiro atoms. The van der Waals surface area contributed by atoms with Gasteiger partial charge in [-0.3, -0.25) is 14.8 Å². The first kappa shape index (κ1) is 31.3. The van der Waals surface area contributed by atoms with E-state index in [1.807, 2.05) is 12.1 Å². The average Bonchev–Trinajstić information content (AvgIpc) is 3.79. The summed E-state index contributed by atoms with van der Waals surface area (Å²) in [6.07, 6.45) is 5.01. The number of para-hydroxylation sites is 3. The predicted molar refractivity (Wildman–Crippen MR) is 206 cm³/mol. The zero-order chi connectivity index (χ0) is 35.0. The van der Waals surface area contributed by atoms with E-state index in [0.29, 0.717) is 13.1 Å². The van der Waals surface area contributed by atoms with Gasteiger partial charge in [0.05, 0.1) is 21.7 Å². The van der Waals surface area contributed by atoms with Crippen LogP contribution in [0.15, 0.2) is 143 Å². The summed E-state index contributed by atoms with van der Waals surface area (Å²) >= 11 is 0. The minimum atomic E-state index is -0.938. The number of hydrogen-bond donors (Lipinski definition) is 3. The smallest absolute Gasteiger partial charge is 0.170 e. The molecule has 6 nitrogen and oxygen atoms in total. The van der Waals surface area contributed by atoms with Crippen molar-refractivity contribution in [2.45, 2.75) is 49.9 Å². The van der Waals surface area contributed by atoms with Crippen LogP contribution in [0.5, 0.6) is 0 Å². The van der Waals surface area contributed by atoms with Crippen molar-refractivity contribution in [1.82, 2.24) is 15.6 Å². The molecule has 6 unspecified atom stereocenters. The largest absolute Gasteiger partial charge is 0.361 e. The number of Topliss-reactive ketones (excluding diaryl/α,β-unsaturated/α-hetero) is 1. The molecule has 2 saturated heterocycles. The van der Waals surface area contributed by atoms with Crippen LogP contribution in [-0.4, -0.2) is 35.9 Å². The number of carbonyl (C=O) groups excluding carboxylic acids is 1. The van der Waals surface area contributed by atoms with Crippen molar-refractivity contribution in [2.75, 3.05) is 13.1 Å². The van der Waals surface area contributed by atoms with Gasteiger partial charge in [0, 0.05) is 47.7 Å². The van der Waals surface area contributed by atoms with Gasteiger partial charge in [0.1, 0.15) is 12.1 Å². The van der Waals surface area contributed by atoms with Crippen molar-refractivity contribution in [3.05, 3.63) is 183 Å². The Labute approximate surface area is 303 Å². The molecule has 256 valence electrons. The molecule has 1 aromatic heterocycles. The van der Waals surface area contributed by atoms with Gasteiger partial charge in [-0.25, -0.2) is 0 Å². The van der Waals surface area contributed by atoms with Gasteiger partial charge in [-0.2, -0.15) is 0 Å². The molecule has 0 radical (unpaired) electrons. The van der Waals surface area contributed by atoms with Crippen LogP contribution in [0.4, 0.5) is 0 Å². The zero-order valence-corrected chi connectivity index (χ0v) is 29.4. The molecule has 6 heteroatoms. The summed E-state index contributed by atoms with van der Waals surface area (Å²) in [5.41, 5.74) is 8.23. The van der Waals surface area contributed by atoms with Crippen molar-refractivity contribution in [2.24, 2.45) is 15.4 Å². The lowest BCUT2D eigenvalue weighted by molar-refractivity contribution is -0.131. The molecule has 4 aliphatic rings. The summed E-state index contributed by atoms with van der Waals surface area (Å²) in [6, 6.07) is 42.0. The van der Waals surface area contributed by atoms with E-state index >= 15 is 4.79 Å². The van der Waals surface area contributed by atoms with Crippen molar-refractivity contribution >= 4 is 22.8 Å². The fourth-order valence-corrected chi connectivity index (χ4v) is 10.3. The summed E-state index contributed by atoms with van der Waals surface area (Å²) in [5.74, 6) is 0.0131. The van der Waals surface area contributed by atoms with Gasteiger partial charge in [0.2, 0.25) is 0 Å². The van der Waals surface area contributed by atoms with Crippen LogP contribution in [0.25, 0.3) is 17.0 Å². The van der Waals surface area contributed by atoms with Crippen molar-refractivity contribution in [3.63, 3.8) is 0 Å². The number of fused-ring (bicyclic) bond motifs is 8. The second-order valence-electron chi connectivity index (χ2n) is 15.2. The fourth-order valence-electron chi connectivity index (χ4n) is 10.3. The first-order chi connectivity index (χ1) is 25.5. The number of hydrogen-bond acceptors (Lipinski definition) is 5. The Morgan fingerprint density at radius 3 is 2.40 bits per heavy atom. The highest BCUT2D eigenvalue weighted by atomic mass is 16.1. The first-order valence-corrected chi connectivity index (χ1v) is 18.5. The van der Waals surface area contributed by atoms with Crippen LogP contribution in [-0.2, 0) is 16.8 Å². The van der Waals surface area contributed by atoms with Gasteiger partial charge < -0.3 is 15.6 Å². The minimum absolute atomic E-state index is 0.0933. The van der Waals surface area contributed by atoms with Gasteiger partial charge in [0.15, 0.2) is 5.78 Å². The quantitative estimate of drug-likeness (QED) is 0.184. The van der Waals surface area contributed by atoms with Crippen LogP contribution < -0.4 is 21.3 Å². The second-order valence-corrected chi connectivity index (χ2v) is 15.2. The molecule has 4 heterocycles. The maximum atomic E-state index is 16.1. The number of aryl methyl sites for hydroxylation is 2. The van der Waals surface area contributed by atoms with Crippen molar-refractivity contribution < 1.29 is 4.79 Å². The Morgan fingerprint density at radius 1 is 0.808 bits per heavy atom. The van der Waals surface area contributed by atoms with Gasteiger partial charge in [0.25, 0.3) is 0 Å². The van der Waals surface area contributed by atoms with E-state index in [9.17, 15) is 0 Å². The van der Waals surface area contributed by atoms with Gasteiger partial charge in [-0.05, 0) is 72.4 Å². The van der Waals surface area contributed by atoms with Crippen LogP contribution in [0.1, 0.15) is 50.9 Å². The van der Waals surface area contributed by atoms with Gasteiger partial charge in [-0.1, -0.05) is 114 Å². The zero-order valence-electron chi connectivity index (χ0n) is 29.4. The monoisotopic (exact) mass is 679 g/mol. The molecule has 1 aliphatic carbocycles. The minimum Gasteiger partial charge on any atom is -0.361 e. The number of aromatic nitrogens is 1. The number of nitrogens with zero attached hydrogens (tertiary/aromatic N) is 2. The lowest BCUT2D eigenvalue weighted by Crippen LogP contribution is -2.66. The van der Waals surface area contributed by atoms with Gasteiger partial charge in [-0.15, -0.1) is 0 Å². The average molecular weight is 680 g/mol. The third-order valence-corrected chi connectivity index (χ3v) is 12.3. The Morgan fingerprint density at radius 2 is 1.56 bits per heavy atom. The summed E-state index contributed by atoms with van der Waals surface area (Å²) in [4.78, 5) is 30.7. The molecule has 0 saturated carbocycles. The molecule has 10 rings (SSSR count). The summed E-state index contributed by atoms with van der Waals surface area (Å²) in [5, 5.41) is 11.2. The van der Waals surface area contributed by atoms with Crippen LogP contribution >= 0.6 is 0 Å². The second kappa shape index (κ2) is 11.8. The van der Waals surface area contributed by atoms with E-state index in [0.717, 1.165) is 44.9 Å². The lowest BCUT2D eigenvalue weighted by Gasteiger charge is -2.51. The van der Waals surface area contributed by atoms with Crippen LogP contribution in [0.2, 0.25) is 0 Å². The van der Waals surface area contributed by atoms with Crippen molar-refractivity contribution in [1.29, 1.82) is 0 Å². The number of carbonyl (C=O) groups is 1. The highest BCUT2D eigenvalue weighted by molar-refractivity contribution is 6.07. The number of benzene rings is 5. The standard InChI is InChI=1S/C46H41N5O/c1-28-11-9-13-30(21-28)23-33-25-47-27-45(44(33)52)41(31-14-10-12-29(2)22-31)40(24-32-26-48-37-18-6-4-15-34(32)37)51-46(45)36-17-5-3-16-35(36)42-43(46)50-39-20-8-7-19-38(39)49-42/h3-23,26,40-43,47-48,51H,24-25,27H2,1-2H3/b33-23+. The van der Waals surface area contributed by atoms with Crippen molar-refractivity contribution in [3.8, 4) is 0 Å². The maximum Gasteiger partial charge on any atom is 0.170 e. The molecule has 5 aromatic carbocycles. The molecule has 6 aromatic rings. The molecule has 2 fully saturated rings. The molecular weight excluding hydrogens is 639 g/mol. The Bertz CT molecular complexity index is 2570. The maximum absolute atomic E-state index is 16.1. The van der Waals surface area contributed by atoms with E-state index < -0.39 is 11.0 Å². The van der Waals surface area contributed by atoms with E-state index in [2.05, 4.69) is 151 Å². The molecule has 6 atom stereocenters. The number of H-pyrrole nitrogens is 1. The topological polar surface area (TPSA) is 81.6 Å². The highest BCUT2D eigenvalue weighted by Crippen LogP contribution is 2.66. The molecule has 3 N–H and O–H groups in total. The first-order valence-electron chi connectivity index (χ1n) is 18.5. The summed E-state index contributed by atoms with van der Waals surface area (Å²) in [7, 11) is 0. The SMILES string of the molecule is Cc1cccc(/C=C2\CNCC3(C2=O)C(c2cccc(C)c2)C(Cc2c[nH]c4ccccc24)NC32c3ccccc3C3N=c4ccccc4=NC32)c1. The van der Waals surface area contributed by atoms with E-state index in [1.54, 1.807) is 0 Å². The Hall–Kier alpha value is -5.43.